The van der Waals surface area contributed by atoms with Crippen LogP contribution >= 0.6 is 0 Å². The average molecular weight is 236 g/mol. The fourth-order valence-electron chi connectivity index (χ4n) is 1.49. The Balaban J connectivity index is 0. The molecule has 0 atom stereocenters. The van der Waals surface area contributed by atoms with Gasteiger partial charge in [-0.1, -0.05) is 26.2 Å². The van der Waals surface area contributed by atoms with Crippen LogP contribution in [0, 0.1) is 0 Å². The van der Waals surface area contributed by atoms with Gasteiger partial charge in [0.25, 0.3) is 0 Å². The number of aliphatic carboxylic acids is 1. The maximum atomic E-state index is 11.1. The van der Waals surface area contributed by atoms with Gasteiger partial charge in [-0.05, 0) is 26.7 Å². The standard InChI is InChI=1S/C12H22O4.Li/c1-4-5-6-7-8-12(2,3)16-11(15)9-10(13)14;/h4-9H2,1-3H3,(H,13,14);/q;+1/p-1. The van der Waals surface area contributed by atoms with E-state index in [2.05, 4.69) is 6.92 Å². The van der Waals surface area contributed by atoms with Crippen LogP contribution in [0.1, 0.15) is 59.3 Å². The normalized spacial score (nSPS) is 10.5. The molecule has 0 aromatic carbocycles. The molecule has 17 heavy (non-hydrogen) atoms. The molecule has 0 spiro atoms. The first-order valence-electron chi connectivity index (χ1n) is 5.79. The van der Waals surface area contributed by atoms with E-state index in [4.69, 9.17) is 4.74 Å². The van der Waals surface area contributed by atoms with Gasteiger partial charge >= 0.3 is 24.8 Å². The summed E-state index contributed by atoms with van der Waals surface area (Å²) < 4.78 is 5.07. The van der Waals surface area contributed by atoms with Gasteiger partial charge in [0.05, 0.1) is 12.4 Å². The number of unbranched alkanes of at least 4 members (excludes halogenated alkanes) is 3. The van der Waals surface area contributed by atoms with Crippen molar-refractivity contribution in [2.24, 2.45) is 0 Å². The molecule has 0 fully saturated rings. The monoisotopic (exact) mass is 236 g/mol. The van der Waals surface area contributed by atoms with Crippen molar-refractivity contribution in [3.8, 4) is 0 Å². The molecule has 0 saturated carbocycles. The Kier molecular flexibility index (Phi) is 10.6. The first-order valence-corrected chi connectivity index (χ1v) is 5.79. The van der Waals surface area contributed by atoms with Gasteiger partial charge in [-0.25, -0.2) is 0 Å². The van der Waals surface area contributed by atoms with Crippen molar-refractivity contribution in [3.05, 3.63) is 0 Å². The van der Waals surface area contributed by atoms with Crippen LogP contribution in [-0.4, -0.2) is 17.5 Å². The minimum Gasteiger partial charge on any atom is -0.550 e. The van der Waals surface area contributed by atoms with E-state index in [1.807, 2.05) is 0 Å². The molecule has 0 saturated heterocycles. The predicted molar refractivity (Wildman–Crippen MR) is 58.6 cm³/mol. The van der Waals surface area contributed by atoms with Crippen molar-refractivity contribution >= 4 is 11.9 Å². The van der Waals surface area contributed by atoms with Crippen LogP contribution < -0.4 is 24.0 Å². The minimum atomic E-state index is -1.40. The molecule has 0 aliphatic carbocycles. The van der Waals surface area contributed by atoms with Gasteiger partial charge in [0, 0.05) is 0 Å². The largest absolute Gasteiger partial charge is 1.00 e. The summed E-state index contributed by atoms with van der Waals surface area (Å²) in [6.07, 6.45) is 4.51. The van der Waals surface area contributed by atoms with E-state index < -0.39 is 24.0 Å². The molecule has 94 valence electrons. The van der Waals surface area contributed by atoms with E-state index in [1.54, 1.807) is 13.8 Å². The van der Waals surface area contributed by atoms with E-state index in [9.17, 15) is 14.7 Å². The van der Waals surface area contributed by atoms with Gasteiger partial charge < -0.3 is 14.6 Å². The molecule has 0 aromatic rings. The summed E-state index contributed by atoms with van der Waals surface area (Å²) in [4.78, 5) is 21.3. The number of rotatable bonds is 8. The summed E-state index contributed by atoms with van der Waals surface area (Å²) in [6.45, 7) is 5.73. The van der Waals surface area contributed by atoms with E-state index in [0.717, 1.165) is 25.7 Å². The summed E-state index contributed by atoms with van der Waals surface area (Å²) >= 11 is 0. The average Bonchev–Trinajstić information content (AvgIpc) is 2.10. The molecular formula is C12H21LiO4. The molecule has 0 radical (unpaired) electrons. The Labute approximate surface area is 115 Å². The van der Waals surface area contributed by atoms with Crippen molar-refractivity contribution in [2.75, 3.05) is 0 Å². The second-order valence-corrected chi connectivity index (χ2v) is 4.59. The van der Waals surface area contributed by atoms with E-state index in [1.165, 1.54) is 6.42 Å². The first-order chi connectivity index (χ1) is 7.37. The number of carbonyl (C=O) groups is 2. The molecule has 0 aliphatic heterocycles. The van der Waals surface area contributed by atoms with Crippen LogP contribution in [0.2, 0.25) is 0 Å². The fourth-order valence-corrected chi connectivity index (χ4v) is 1.49. The van der Waals surface area contributed by atoms with E-state index >= 15 is 0 Å². The van der Waals surface area contributed by atoms with Crippen LogP contribution in [0.4, 0.5) is 0 Å². The van der Waals surface area contributed by atoms with Crippen molar-refractivity contribution in [2.45, 2.75) is 64.9 Å². The van der Waals surface area contributed by atoms with Gasteiger partial charge in [0.1, 0.15) is 5.60 Å². The van der Waals surface area contributed by atoms with Gasteiger partial charge in [-0.15, -0.1) is 0 Å². The summed E-state index contributed by atoms with van der Waals surface area (Å²) in [5.41, 5.74) is -0.583. The molecule has 0 N–H and O–H groups in total. The van der Waals surface area contributed by atoms with Gasteiger partial charge in [0.2, 0.25) is 0 Å². The third-order valence-electron chi connectivity index (χ3n) is 2.31. The molecule has 0 unspecified atom stereocenters. The number of esters is 1. The number of hydrogen-bond acceptors (Lipinski definition) is 4. The molecular weight excluding hydrogens is 215 g/mol. The molecule has 0 aromatic heterocycles. The van der Waals surface area contributed by atoms with Crippen LogP contribution in [0.15, 0.2) is 0 Å². The molecule has 5 heteroatoms. The van der Waals surface area contributed by atoms with Crippen molar-refractivity contribution in [3.63, 3.8) is 0 Å². The van der Waals surface area contributed by atoms with Gasteiger partial charge in [0.15, 0.2) is 0 Å². The maximum Gasteiger partial charge on any atom is 1.00 e. The number of hydrogen-bond donors (Lipinski definition) is 0. The smallest absolute Gasteiger partial charge is 0.550 e. The number of carboxylic acid groups (broad SMARTS) is 1. The molecule has 0 rings (SSSR count). The van der Waals surface area contributed by atoms with Crippen LogP contribution in [0.25, 0.3) is 0 Å². The SMILES string of the molecule is CCCCCCC(C)(C)OC(=O)CC(=O)[O-].[Li+]. The second-order valence-electron chi connectivity index (χ2n) is 4.59. The van der Waals surface area contributed by atoms with Crippen molar-refractivity contribution in [1.82, 2.24) is 0 Å². The quantitative estimate of drug-likeness (QED) is 0.221. The number of carboxylic acids is 1. The minimum absolute atomic E-state index is 0. The molecule has 0 amide bonds. The second kappa shape index (κ2) is 9.56. The molecule has 0 heterocycles. The van der Waals surface area contributed by atoms with E-state index in [0.29, 0.717) is 0 Å². The molecule has 0 aliphatic rings. The third-order valence-corrected chi connectivity index (χ3v) is 2.31. The maximum absolute atomic E-state index is 11.1. The number of ether oxygens (including phenoxy) is 1. The predicted octanol–water partition coefficient (Wildman–Crippen LogP) is -1.58. The van der Waals surface area contributed by atoms with Crippen molar-refractivity contribution < 1.29 is 38.3 Å². The third kappa shape index (κ3) is 11.8. The van der Waals surface area contributed by atoms with Crippen molar-refractivity contribution in [1.29, 1.82) is 0 Å². The first kappa shape index (κ1) is 18.9. The molecule has 0 bridgehead atoms. The summed E-state index contributed by atoms with van der Waals surface area (Å²) in [5, 5.41) is 10.2. The summed E-state index contributed by atoms with van der Waals surface area (Å²) in [6, 6.07) is 0. The zero-order chi connectivity index (χ0) is 12.6. The summed E-state index contributed by atoms with van der Waals surface area (Å²) in [5.74, 6) is -2.12. The topological polar surface area (TPSA) is 66.4 Å². The Morgan fingerprint density at radius 2 is 1.76 bits per heavy atom. The van der Waals surface area contributed by atoms with Crippen LogP contribution in [0.5, 0.6) is 0 Å². The Hall–Kier alpha value is -0.463. The Bertz CT molecular complexity index is 239. The summed E-state index contributed by atoms with van der Waals surface area (Å²) in [7, 11) is 0. The van der Waals surface area contributed by atoms with Gasteiger partial charge in [-0.3, -0.25) is 4.79 Å². The Morgan fingerprint density at radius 3 is 2.24 bits per heavy atom. The zero-order valence-electron chi connectivity index (χ0n) is 11.4. The molecule has 4 nitrogen and oxygen atoms in total. The van der Waals surface area contributed by atoms with Crippen LogP contribution in [0.3, 0.4) is 0 Å². The Morgan fingerprint density at radius 1 is 1.18 bits per heavy atom. The van der Waals surface area contributed by atoms with Crippen LogP contribution in [-0.2, 0) is 14.3 Å². The number of carbonyl (C=O) groups excluding carboxylic acids is 2. The fraction of sp³-hybridized carbons (Fsp3) is 0.833. The zero-order valence-corrected chi connectivity index (χ0v) is 11.4. The van der Waals surface area contributed by atoms with Gasteiger partial charge in [-0.2, -0.15) is 0 Å². The van der Waals surface area contributed by atoms with E-state index in [-0.39, 0.29) is 18.9 Å².